The Hall–Kier alpha value is -1.11. The highest BCUT2D eigenvalue weighted by Gasteiger charge is 2.45. The number of hydrogen-bond donors (Lipinski definition) is 0. The minimum Gasteiger partial charge on any atom is -0.274 e. The van der Waals surface area contributed by atoms with E-state index in [-0.39, 0.29) is 6.42 Å². The fourth-order valence-electron chi connectivity index (χ4n) is 2.06. The Labute approximate surface area is 112 Å². The van der Waals surface area contributed by atoms with Gasteiger partial charge in [-0.05, 0) is 17.5 Å². The highest BCUT2D eigenvalue weighted by Crippen LogP contribution is 2.42. The summed E-state index contributed by atoms with van der Waals surface area (Å²) in [6.07, 6.45) is 0.193. The van der Waals surface area contributed by atoms with Crippen LogP contribution in [0, 0.1) is 0 Å². The third-order valence-electron chi connectivity index (χ3n) is 2.90. The highest BCUT2D eigenvalue weighted by molar-refractivity contribution is 8.12. The molecule has 1 saturated heterocycles. The first-order valence-corrected chi connectivity index (χ1v) is 8.30. The van der Waals surface area contributed by atoms with Gasteiger partial charge in [-0.2, -0.15) is 8.42 Å². The van der Waals surface area contributed by atoms with Gasteiger partial charge in [-0.3, -0.25) is 4.79 Å². The van der Waals surface area contributed by atoms with Crippen LogP contribution in [0.25, 0.3) is 10.1 Å². The normalized spacial score (nSPS) is 20.2. The Balaban J connectivity index is 2.03. The average molecular weight is 302 g/mol. The van der Waals surface area contributed by atoms with Crippen LogP contribution in [0.2, 0.25) is 0 Å². The van der Waals surface area contributed by atoms with Crippen LogP contribution in [0.4, 0.5) is 0 Å². The van der Waals surface area contributed by atoms with Crippen molar-refractivity contribution in [3.05, 3.63) is 35.2 Å². The average Bonchev–Trinajstić information content (AvgIpc) is 2.65. The number of β-lactam (4-membered cyclic amide) rings is 1. The van der Waals surface area contributed by atoms with E-state index < -0.39 is 21.2 Å². The highest BCUT2D eigenvalue weighted by atomic mass is 35.7. The van der Waals surface area contributed by atoms with Gasteiger partial charge in [-0.25, -0.2) is 4.31 Å². The number of carbonyl (C=O) groups is 1. The lowest BCUT2D eigenvalue weighted by Gasteiger charge is -2.36. The second kappa shape index (κ2) is 3.94. The van der Waals surface area contributed by atoms with Crippen LogP contribution in [0.5, 0.6) is 0 Å². The lowest BCUT2D eigenvalue weighted by molar-refractivity contribution is -0.137. The van der Waals surface area contributed by atoms with E-state index in [1.807, 2.05) is 30.3 Å². The van der Waals surface area contributed by atoms with Gasteiger partial charge in [0.2, 0.25) is 5.91 Å². The largest absolute Gasteiger partial charge is 0.324 e. The molecule has 1 atom stereocenters. The molecule has 1 aromatic carbocycles. The van der Waals surface area contributed by atoms with E-state index >= 15 is 0 Å². The van der Waals surface area contributed by atoms with Crippen LogP contribution < -0.4 is 0 Å². The van der Waals surface area contributed by atoms with Crippen molar-refractivity contribution in [2.24, 2.45) is 0 Å². The lowest BCUT2D eigenvalue weighted by atomic mass is 10.0. The number of amides is 1. The zero-order valence-corrected chi connectivity index (χ0v) is 11.4. The van der Waals surface area contributed by atoms with Crippen molar-refractivity contribution in [3.63, 3.8) is 0 Å². The summed E-state index contributed by atoms with van der Waals surface area (Å²) in [7, 11) is 1.27. The molecule has 0 radical (unpaired) electrons. The molecule has 1 aliphatic rings. The molecular formula is C11H8ClNO3S2. The van der Waals surface area contributed by atoms with Gasteiger partial charge in [0.25, 0.3) is 0 Å². The van der Waals surface area contributed by atoms with Crippen molar-refractivity contribution in [1.82, 2.24) is 4.31 Å². The fourth-order valence-corrected chi connectivity index (χ4v) is 4.61. The van der Waals surface area contributed by atoms with Crippen LogP contribution in [-0.4, -0.2) is 18.6 Å². The number of benzene rings is 1. The molecule has 1 aliphatic heterocycles. The van der Waals surface area contributed by atoms with E-state index in [1.54, 1.807) is 0 Å². The maximum Gasteiger partial charge on any atom is 0.324 e. The zero-order chi connectivity index (χ0) is 12.9. The van der Waals surface area contributed by atoms with Crippen molar-refractivity contribution in [1.29, 1.82) is 0 Å². The van der Waals surface area contributed by atoms with Crippen LogP contribution >= 0.6 is 22.0 Å². The molecule has 1 unspecified atom stereocenters. The van der Waals surface area contributed by atoms with E-state index in [0.717, 1.165) is 19.3 Å². The molecule has 18 heavy (non-hydrogen) atoms. The number of halogens is 1. The summed E-state index contributed by atoms with van der Waals surface area (Å²) < 4.78 is 24.4. The van der Waals surface area contributed by atoms with Crippen molar-refractivity contribution >= 4 is 47.2 Å². The summed E-state index contributed by atoms with van der Waals surface area (Å²) in [6.45, 7) is 0. The van der Waals surface area contributed by atoms with E-state index in [4.69, 9.17) is 10.7 Å². The van der Waals surface area contributed by atoms with E-state index in [9.17, 15) is 13.2 Å². The van der Waals surface area contributed by atoms with Crippen molar-refractivity contribution in [3.8, 4) is 0 Å². The number of nitrogens with zero attached hydrogens (tertiary/aromatic N) is 1. The first kappa shape index (κ1) is 12.0. The Morgan fingerprint density at radius 3 is 2.67 bits per heavy atom. The van der Waals surface area contributed by atoms with Gasteiger partial charge in [-0.15, -0.1) is 11.3 Å². The number of thiophene rings is 1. The first-order valence-electron chi connectivity index (χ1n) is 5.22. The number of fused-ring (bicyclic) bond motifs is 1. The minimum atomic E-state index is -3.99. The summed E-state index contributed by atoms with van der Waals surface area (Å²) in [5, 5.41) is 1.05. The Morgan fingerprint density at radius 1 is 1.33 bits per heavy atom. The summed E-state index contributed by atoms with van der Waals surface area (Å²) >= 11 is 1.49. The monoisotopic (exact) mass is 301 g/mol. The summed E-state index contributed by atoms with van der Waals surface area (Å²) in [4.78, 5) is 12.2. The van der Waals surface area contributed by atoms with Crippen molar-refractivity contribution in [2.75, 3.05) is 0 Å². The van der Waals surface area contributed by atoms with Crippen LogP contribution in [0.3, 0.4) is 0 Å². The first-order chi connectivity index (χ1) is 8.47. The van der Waals surface area contributed by atoms with E-state index in [1.165, 1.54) is 11.3 Å². The van der Waals surface area contributed by atoms with E-state index in [2.05, 4.69) is 0 Å². The van der Waals surface area contributed by atoms with Crippen molar-refractivity contribution in [2.45, 2.75) is 12.5 Å². The molecule has 1 aromatic heterocycles. The predicted octanol–water partition coefficient (Wildman–Crippen LogP) is 2.66. The van der Waals surface area contributed by atoms with Gasteiger partial charge in [0.05, 0.1) is 12.5 Å². The van der Waals surface area contributed by atoms with Crippen LogP contribution in [0.1, 0.15) is 17.3 Å². The van der Waals surface area contributed by atoms with Gasteiger partial charge in [0, 0.05) is 20.3 Å². The van der Waals surface area contributed by atoms with Gasteiger partial charge >= 0.3 is 9.24 Å². The van der Waals surface area contributed by atoms with Gasteiger partial charge in [0.15, 0.2) is 0 Å². The molecule has 4 nitrogen and oxygen atoms in total. The summed E-state index contributed by atoms with van der Waals surface area (Å²) in [6, 6.07) is 9.22. The molecule has 3 rings (SSSR count). The van der Waals surface area contributed by atoms with Crippen LogP contribution in [0.15, 0.2) is 30.3 Å². The third-order valence-corrected chi connectivity index (χ3v) is 5.50. The maximum atomic E-state index is 11.3. The predicted molar refractivity (Wildman–Crippen MR) is 70.8 cm³/mol. The number of carbonyl (C=O) groups excluding carboxylic acids is 1. The minimum absolute atomic E-state index is 0.193. The fraction of sp³-hybridized carbons (Fsp3) is 0.182. The topological polar surface area (TPSA) is 54.5 Å². The molecule has 0 N–H and O–H groups in total. The quantitative estimate of drug-likeness (QED) is 0.633. The van der Waals surface area contributed by atoms with Gasteiger partial charge in [0.1, 0.15) is 0 Å². The Bertz CT molecular complexity index is 705. The zero-order valence-electron chi connectivity index (χ0n) is 9.04. The van der Waals surface area contributed by atoms with Gasteiger partial charge < -0.3 is 0 Å². The molecule has 94 valence electrons. The Kier molecular flexibility index (Phi) is 2.62. The molecule has 0 bridgehead atoms. The molecule has 0 saturated carbocycles. The van der Waals surface area contributed by atoms with Crippen molar-refractivity contribution < 1.29 is 13.2 Å². The van der Waals surface area contributed by atoms with E-state index in [0.29, 0.717) is 0 Å². The maximum absolute atomic E-state index is 11.3. The number of rotatable bonds is 2. The molecule has 0 aliphatic carbocycles. The smallest absolute Gasteiger partial charge is 0.274 e. The molecule has 7 heteroatoms. The third kappa shape index (κ3) is 1.81. The molecule has 1 fully saturated rings. The summed E-state index contributed by atoms with van der Waals surface area (Å²) in [5.41, 5.74) is 0. The molecule has 2 aromatic rings. The molecule has 1 amide bonds. The number of hydrogen-bond acceptors (Lipinski definition) is 4. The van der Waals surface area contributed by atoms with Gasteiger partial charge in [-0.1, -0.05) is 18.2 Å². The molecule has 0 spiro atoms. The second-order valence-corrected chi connectivity index (χ2v) is 7.54. The molecular weight excluding hydrogens is 294 g/mol. The lowest BCUT2D eigenvalue weighted by Crippen LogP contribution is -2.47. The standard InChI is InChI=1S/C11H8ClNO3S2/c12-18(15,16)13-8(6-11(13)14)10-5-7-3-1-2-4-9(7)17-10/h1-5,8H,6H2. The SMILES string of the molecule is O=C1CC(c2cc3ccccc3s2)N1S(=O)(=O)Cl. The Morgan fingerprint density at radius 2 is 2.06 bits per heavy atom. The van der Waals surface area contributed by atoms with Crippen LogP contribution in [-0.2, 0) is 14.0 Å². The summed E-state index contributed by atoms with van der Waals surface area (Å²) in [5.74, 6) is -0.451. The molecule has 2 heterocycles. The second-order valence-electron chi connectivity index (χ2n) is 4.04.